The Morgan fingerprint density at radius 3 is 2.86 bits per heavy atom. The maximum absolute atomic E-state index is 11.9. The Balaban J connectivity index is 2.00. The zero-order chi connectivity index (χ0) is 16.3. The molecule has 0 radical (unpaired) electrons. The van der Waals surface area contributed by atoms with E-state index in [1.54, 1.807) is 10.9 Å². The molecular formula is C13H12BrClN4O3. The van der Waals surface area contributed by atoms with Crippen molar-refractivity contribution < 1.29 is 9.72 Å². The monoisotopic (exact) mass is 386 g/mol. The summed E-state index contributed by atoms with van der Waals surface area (Å²) in [6.07, 6.45) is 1.95. The predicted octanol–water partition coefficient (Wildman–Crippen LogP) is 3.54. The van der Waals surface area contributed by atoms with Gasteiger partial charge in [0.2, 0.25) is 5.91 Å². The van der Waals surface area contributed by atoms with Crippen LogP contribution < -0.4 is 5.32 Å². The van der Waals surface area contributed by atoms with Crippen molar-refractivity contribution in [2.24, 2.45) is 0 Å². The lowest BCUT2D eigenvalue weighted by Crippen LogP contribution is -2.15. The summed E-state index contributed by atoms with van der Waals surface area (Å²) in [6, 6.07) is 3.89. The van der Waals surface area contributed by atoms with Crippen molar-refractivity contribution in [1.29, 1.82) is 0 Å². The van der Waals surface area contributed by atoms with Crippen LogP contribution in [0.1, 0.15) is 12.1 Å². The summed E-state index contributed by atoms with van der Waals surface area (Å²) in [5.74, 6) is -0.299. The van der Waals surface area contributed by atoms with Gasteiger partial charge in [-0.3, -0.25) is 19.6 Å². The van der Waals surface area contributed by atoms with Gasteiger partial charge in [0, 0.05) is 31.3 Å². The number of carbonyl (C=O) groups excluding carboxylic acids is 1. The van der Waals surface area contributed by atoms with Crippen molar-refractivity contribution in [3.63, 3.8) is 0 Å². The number of hydrogen-bond donors (Lipinski definition) is 1. The minimum Gasteiger partial charge on any atom is -0.325 e. The predicted molar refractivity (Wildman–Crippen MR) is 86.0 cm³/mol. The quantitative estimate of drug-likeness (QED) is 0.627. The van der Waals surface area contributed by atoms with E-state index >= 15 is 0 Å². The van der Waals surface area contributed by atoms with Crippen molar-refractivity contribution >= 4 is 44.8 Å². The van der Waals surface area contributed by atoms with E-state index in [-0.39, 0.29) is 28.7 Å². The number of rotatable bonds is 5. The summed E-state index contributed by atoms with van der Waals surface area (Å²) in [5, 5.41) is 17.8. The molecule has 2 rings (SSSR count). The second-order valence-corrected chi connectivity index (χ2v) is 5.81. The summed E-state index contributed by atoms with van der Waals surface area (Å²) in [4.78, 5) is 22.1. The van der Waals surface area contributed by atoms with Gasteiger partial charge in [0.05, 0.1) is 25.8 Å². The molecule has 1 N–H and O–H groups in total. The van der Waals surface area contributed by atoms with Gasteiger partial charge in [0.15, 0.2) is 0 Å². The van der Waals surface area contributed by atoms with E-state index in [1.165, 1.54) is 18.2 Å². The van der Waals surface area contributed by atoms with Crippen LogP contribution in [0.4, 0.5) is 11.4 Å². The van der Waals surface area contributed by atoms with Crippen LogP contribution in [0.3, 0.4) is 0 Å². The fraction of sp³-hybridized carbons (Fsp3) is 0.231. The highest BCUT2D eigenvalue weighted by atomic mass is 79.9. The fourth-order valence-corrected chi connectivity index (χ4v) is 2.24. The summed E-state index contributed by atoms with van der Waals surface area (Å²) in [7, 11) is 0. The Morgan fingerprint density at radius 2 is 2.27 bits per heavy atom. The van der Waals surface area contributed by atoms with E-state index in [0.29, 0.717) is 6.54 Å². The molecule has 9 heteroatoms. The highest BCUT2D eigenvalue weighted by molar-refractivity contribution is 9.10. The number of nitrogens with one attached hydrogen (secondary N) is 1. The molecule has 1 amide bonds. The van der Waals surface area contributed by atoms with Gasteiger partial charge in [0.1, 0.15) is 0 Å². The van der Waals surface area contributed by atoms with Crippen molar-refractivity contribution in [3.05, 3.63) is 49.7 Å². The molecule has 0 unspecified atom stereocenters. The van der Waals surface area contributed by atoms with E-state index < -0.39 is 4.92 Å². The van der Waals surface area contributed by atoms with Crippen molar-refractivity contribution in [2.75, 3.05) is 5.32 Å². The molecule has 0 spiro atoms. The lowest BCUT2D eigenvalue weighted by molar-refractivity contribution is -0.384. The number of nitro groups is 1. The van der Waals surface area contributed by atoms with Crippen molar-refractivity contribution in [1.82, 2.24) is 9.78 Å². The largest absolute Gasteiger partial charge is 0.325 e. The van der Waals surface area contributed by atoms with Gasteiger partial charge in [0.25, 0.3) is 5.69 Å². The maximum atomic E-state index is 11.9. The smallest absolute Gasteiger partial charge is 0.271 e. The first-order chi connectivity index (χ1) is 10.4. The lowest BCUT2D eigenvalue weighted by Gasteiger charge is -2.07. The van der Waals surface area contributed by atoms with E-state index in [0.717, 1.165) is 10.2 Å². The average molecular weight is 388 g/mol. The molecule has 0 aliphatic heterocycles. The number of aryl methyl sites for hydroxylation is 2. The Bertz CT molecular complexity index is 713. The third-order valence-corrected chi connectivity index (χ3v) is 4.00. The number of carbonyl (C=O) groups is 1. The third kappa shape index (κ3) is 4.05. The van der Waals surface area contributed by atoms with Crippen LogP contribution in [-0.2, 0) is 11.3 Å². The third-order valence-electron chi connectivity index (χ3n) is 2.89. The number of amides is 1. The van der Waals surface area contributed by atoms with E-state index in [2.05, 4.69) is 26.3 Å². The average Bonchev–Trinajstić information content (AvgIpc) is 2.78. The van der Waals surface area contributed by atoms with Crippen LogP contribution >= 0.6 is 27.5 Å². The Hall–Kier alpha value is -1.93. The van der Waals surface area contributed by atoms with Gasteiger partial charge >= 0.3 is 0 Å². The van der Waals surface area contributed by atoms with Crippen LogP contribution in [0.15, 0.2) is 28.9 Å². The van der Waals surface area contributed by atoms with Crippen LogP contribution in [-0.4, -0.2) is 20.6 Å². The van der Waals surface area contributed by atoms with Gasteiger partial charge in [-0.2, -0.15) is 5.10 Å². The number of non-ortho nitro benzene ring substituents is 1. The molecule has 7 nitrogen and oxygen atoms in total. The van der Waals surface area contributed by atoms with Crippen molar-refractivity contribution in [2.45, 2.75) is 19.9 Å². The summed E-state index contributed by atoms with van der Waals surface area (Å²) < 4.78 is 2.52. The molecule has 0 saturated carbocycles. The van der Waals surface area contributed by atoms with Gasteiger partial charge in [-0.05, 0) is 28.9 Å². The number of nitro benzene ring substituents is 1. The van der Waals surface area contributed by atoms with Gasteiger partial charge < -0.3 is 5.32 Å². The first-order valence-corrected chi connectivity index (χ1v) is 7.47. The molecule has 0 fully saturated rings. The van der Waals surface area contributed by atoms with Crippen LogP contribution in [0, 0.1) is 17.0 Å². The number of aromatic nitrogens is 2. The van der Waals surface area contributed by atoms with E-state index in [9.17, 15) is 14.9 Å². The first-order valence-electron chi connectivity index (χ1n) is 6.30. The highest BCUT2D eigenvalue weighted by Crippen LogP contribution is 2.26. The minimum absolute atomic E-state index is 0.133. The Labute approximate surface area is 139 Å². The second-order valence-electron chi connectivity index (χ2n) is 4.54. The highest BCUT2D eigenvalue weighted by Gasteiger charge is 2.12. The molecule has 1 heterocycles. The SMILES string of the molecule is Cc1nn(CCC(=O)Nc2cc([N+](=O)[O-])ccc2Cl)cc1Br. The molecule has 0 bridgehead atoms. The van der Waals surface area contributed by atoms with Gasteiger partial charge in [-0.1, -0.05) is 11.6 Å². The number of halogens is 2. The molecule has 1 aromatic carbocycles. The molecule has 0 atom stereocenters. The Morgan fingerprint density at radius 1 is 1.55 bits per heavy atom. The molecule has 0 saturated heterocycles. The molecular weight excluding hydrogens is 376 g/mol. The number of nitrogens with zero attached hydrogens (tertiary/aromatic N) is 3. The van der Waals surface area contributed by atoms with Gasteiger partial charge in [-0.25, -0.2) is 0 Å². The topological polar surface area (TPSA) is 90.1 Å². The maximum Gasteiger partial charge on any atom is 0.271 e. The van der Waals surface area contributed by atoms with E-state index in [4.69, 9.17) is 11.6 Å². The van der Waals surface area contributed by atoms with E-state index in [1.807, 2.05) is 6.92 Å². The molecule has 22 heavy (non-hydrogen) atoms. The molecule has 2 aromatic rings. The van der Waals surface area contributed by atoms with Crippen LogP contribution in [0.25, 0.3) is 0 Å². The summed E-state index contributed by atoms with van der Waals surface area (Å²) in [6.45, 7) is 2.24. The van der Waals surface area contributed by atoms with Crippen molar-refractivity contribution in [3.8, 4) is 0 Å². The number of anilines is 1. The second kappa shape index (κ2) is 6.89. The molecule has 116 valence electrons. The standard InChI is InChI=1S/C13H12BrClN4O3/c1-8-10(14)7-18(17-8)5-4-13(20)16-12-6-9(19(21)22)2-3-11(12)15/h2-3,6-7H,4-5H2,1H3,(H,16,20). The number of benzene rings is 1. The Kier molecular flexibility index (Phi) is 5.15. The fourth-order valence-electron chi connectivity index (χ4n) is 1.76. The molecule has 1 aromatic heterocycles. The summed E-state index contributed by atoms with van der Waals surface area (Å²) in [5.41, 5.74) is 0.923. The molecule has 0 aliphatic carbocycles. The zero-order valence-electron chi connectivity index (χ0n) is 11.5. The van der Waals surface area contributed by atoms with Crippen LogP contribution in [0.5, 0.6) is 0 Å². The molecule has 0 aliphatic rings. The normalized spacial score (nSPS) is 10.5. The minimum atomic E-state index is -0.546. The zero-order valence-corrected chi connectivity index (χ0v) is 13.9. The van der Waals surface area contributed by atoms with Gasteiger partial charge in [-0.15, -0.1) is 0 Å². The van der Waals surface area contributed by atoms with Crippen LogP contribution in [0.2, 0.25) is 5.02 Å². The first kappa shape index (κ1) is 16.4. The lowest BCUT2D eigenvalue weighted by atomic mass is 10.2. The summed E-state index contributed by atoms with van der Waals surface area (Å²) >= 11 is 9.27. The number of hydrogen-bond acceptors (Lipinski definition) is 4.